The van der Waals surface area contributed by atoms with Gasteiger partial charge in [0.05, 0.1) is 12.4 Å². The first-order chi connectivity index (χ1) is 12.7. The first-order valence-electron chi connectivity index (χ1n) is 8.68. The van der Waals surface area contributed by atoms with E-state index in [-0.39, 0.29) is 29.7 Å². The molecule has 1 atom stereocenters. The molecule has 1 amide bonds. The number of aryl methyl sites for hydroxylation is 3. The Bertz CT molecular complexity index is 1150. The lowest BCUT2D eigenvalue weighted by Gasteiger charge is -2.16. The van der Waals surface area contributed by atoms with Crippen molar-refractivity contribution in [2.45, 2.75) is 33.4 Å². The van der Waals surface area contributed by atoms with Crippen LogP contribution in [0, 0.1) is 13.8 Å². The van der Waals surface area contributed by atoms with Gasteiger partial charge >= 0.3 is 5.69 Å². The maximum atomic E-state index is 12.5. The molecule has 0 saturated heterocycles. The molecule has 8 nitrogen and oxygen atoms in total. The fraction of sp³-hybridized carbons (Fsp3) is 0.368. The smallest absolute Gasteiger partial charge is 0.332 e. The first kappa shape index (κ1) is 18.6. The highest BCUT2D eigenvalue weighted by atomic mass is 16.2. The molecule has 2 aromatic heterocycles. The van der Waals surface area contributed by atoms with Gasteiger partial charge in [-0.15, -0.1) is 0 Å². The Kier molecular flexibility index (Phi) is 4.73. The quantitative estimate of drug-likeness (QED) is 0.741. The Morgan fingerprint density at radius 3 is 2.52 bits per heavy atom. The van der Waals surface area contributed by atoms with Crippen molar-refractivity contribution in [2.75, 3.05) is 0 Å². The zero-order chi connectivity index (χ0) is 19.9. The number of nitrogens with zero attached hydrogens (tertiary/aromatic N) is 4. The number of carbonyl (C=O) groups is 1. The van der Waals surface area contributed by atoms with Crippen molar-refractivity contribution in [1.82, 2.24) is 24.0 Å². The van der Waals surface area contributed by atoms with Crippen molar-refractivity contribution in [3.8, 4) is 0 Å². The summed E-state index contributed by atoms with van der Waals surface area (Å²) >= 11 is 0. The van der Waals surface area contributed by atoms with Crippen LogP contribution in [0.15, 0.2) is 34.1 Å². The standard InChI is InChI=1S/C19H23N5O3/c1-11-6-7-14(8-12(11)2)13(3)21-15(25)9-24-10-20-17-16(24)18(26)23(5)19(27)22(17)4/h6-8,10,13H,9H2,1-5H3,(H,21,25)/t13-/m1/s1. The van der Waals surface area contributed by atoms with E-state index >= 15 is 0 Å². The number of benzene rings is 1. The normalized spacial score (nSPS) is 12.3. The Morgan fingerprint density at radius 2 is 1.85 bits per heavy atom. The molecule has 0 aliphatic heterocycles. The van der Waals surface area contributed by atoms with E-state index in [0.717, 1.165) is 10.1 Å². The maximum absolute atomic E-state index is 12.5. The summed E-state index contributed by atoms with van der Waals surface area (Å²) in [4.78, 5) is 41.0. The van der Waals surface area contributed by atoms with E-state index < -0.39 is 11.2 Å². The van der Waals surface area contributed by atoms with Crippen LogP contribution in [0.2, 0.25) is 0 Å². The molecule has 0 radical (unpaired) electrons. The summed E-state index contributed by atoms with van der Waals surface area (Å²) in [5, 5.41) is 2.94. The SMILES string of the molecule is Cc1ccc([C@@H](C)NC(=O)Cn2cnc3c2c(=O)n(C)c(=O)n3C)cc1C. The summed E-state index contributed by atoms with van der Waals surface area (Å²) in [7, 11) is 2.95. The summed E-state index contributed by atoms with van der Waals surface area (Å²) in [6, 6.07) is 5.91. The second-order valence-corrected chi connectivity index (χ2v) is 6.88. The van der Waals surface area contributed by atoms with Crippen LogP contribution in [0.4, 0.5) is 0 Å². The van der Waals surface area contributed by atoms with E-state index in [1.807, 2.05) is 32.9 Å². The van der Waals surface area contributed by atoms with E-state index in [1.165, 1.54) is 33.6 Å². The molecule has 1 aromatic carbocycles. The van der Waals surface area contributed by atoms with Crippen LogP contribution in [0.3, 0.4) is 0 Å². The molecule has 1 N–H and O–H groups in total. The molecule has 0 aliphatic carbocycles. The van der Waals surface area contributed by atoms with Crippen LogP contribution in [0.5, 0.6) is 0 Å². The van der Waals surface area contributed by atoms with Crippen LogP contribution in [0.1, 0.15) is 29.7 Å². The van der Waals surface area contributed by atoms with Crippen LogP contribution in [-0.4, -0.2) is 24.6 Å². The largest absolute Gasteiger partial charge is 0.348 e. The zero-order valence-corrected chi connectivity index (χ0v) is 16.1. The average molecular weight is 369 g/mol. The van der Waals surface area contributed by atoms with Gasteiger partial charge in [0.15, 0.2) is 11.2 Å². The van der Waals surface area contributed by atoms with Gasteiger partial charge in [-0.2, -0.15) is 0 Å². The van der Waals surface area contributed by atoms with Crippen LogP contribution in [-0.2, 0) is 25.4 Å². The molecule has 8 heteroatoms. The minimum atomic E-state index is -0.472. The third kappa shape index (κ3) is 3.30. The van der Waals surface area contributed by atoms with Gasteiger partial charge in [0.2, 0.25) is 5.91 Å². The summed E-state index contributed by atoms with van der Waals surface area (Å²) in [5.41, 5.74) is 2.94. The predicted octanol–water partition coefficient (Wildman–Crippen LogP) is 0.928. The molecule has 0 unspecified atom stereocenters. The summed E-state index contributed by atoms with van der Waals surface area (Å²) in [6.07, 6.45) is 1.41. The number of hydrogen-bond acceptors (Lipinski definition) is 4. The maximum Gasteiger partial charge on any atom is 0.332 e. The lowest BCUT2D eigenvalue weighted by atomic mass is 10.0. The second kappa shape index (κ2) is 6.86. The van der Waals surface area contributed by atoms with Gasteiger partial charge in [0.25, 0.3) is 5.56 Å². The van der Waals surface area contributed by atoms with E-state index in [1.54, 1.807) is 7.05 Å². The number of imidazole rings is 1. The van der Waals surface area contributed by atoms with Gasteiger partial charge in [-0.1, -0.05) is 18.2 Å². The predicted molar refractivity (Wildman–Crippen MR) is 103 cm³/mol. The molecule has 0 bridgehead atoms. The van der Waals surface area contributed by atoms with E-state index in [4.69, 9.17) is 0 Å². The first-order valence-corrected chi connectivity index (χ1v) is 8.68. The van der Waals surface area contributed by atoms with Crippen LogP contribution in [0.25, 0.3) is 11.2 Å². The van der Waals surface area contributed by atoms with Crippen molar-refractivity contribution in [1.29, 1.82) is 0 Å². The van der Waals surface area contributed by atoms with Gasteiger partial charge < -0.3 is 9.88 Å². The molecule has 0 fully saturated rings. The van der Waals surface area contributed by atoms with Crippen LogP contribution < -0.4 is 16.6 Å². The Hall–Kier alpha value is -3.16. The topological polar surface area (TPSA) is 90.9 Å². The molecule has 3 rings (SSSR count). The number of hydrogen-bond donors (Lipinski definition) is 1. The molecule has 0 saturated carbocycles. The number of nitrogens with one attached hydrogen (secondary N) is 1. The van der Waals surface area contributed by atoms with Gasteiger partial charge in [0.1, 0.15) is 6.54 Å². The molecular formula is C19H23N5O3. The van der Waals surface area contributed by atoms with Gasteiger partial charge in [-0.05, 0) is 37.5 Å². The summed E-state index contributed by atoms with van der Waals surface area (Å²) < 4.78 is 3.78. The second-order valence-electron chi connectivity index (χ2n) is 6.88. The van der Waals surface area contributed by atoms with Crippen molar-refractivity contribution >= 4 is 17.1 Å². The molecule has 0 aliphatic rings. The Labute approximate surface area is 156 Å². The highest BCUT2D eigenvalue weighted by molar-refractivity contribution is 5.79. The van der Waals surface area contributed by atoms with Gasteiger partial charge in [-0.3, -0.25) is 18.7 Å². The minimum absolute atomic E-state index is 0.0564. The lowest BCUT2D eigenvalue weighted by molar-refractivity contribution is -0.122. The van der Waals surface area contributed by atoms with Crippen LogP contribution >= 0.6 is 0 Å². The summed E-state index contributed by atoms with van der Waals surface area (Å²) in [5.74, 6) is -0.240. The van der Waals surface area contributed by atoms with E-state index in [0.29, 0.717) is 0 Å². The number of aromatic nitrogens is 4. The highest BCUT2D eigenvalue weighted by Gasteiger charge is 2.17. The van der Waals surface area contributed by atoms with E-state index in [2.05, 4.69) is 16.4 Å². The molecular weight excluding hydrogens is 346 g/mol. The van der Waals surface area contributed by atoms with Crippen molar-refractivity contribution in [3.63, 3.8) is 0 Å². The van der Waals surface area contributed by atoms with Crippen molar-refractivity contribution in [3.05, 3.63) is 62.1 Å². The van der Waals surface area contributed by atoms with Crippen molar-refractivity contribution in [2.24, 2.45) is 14.1 Å². The number of carbonyl (C=O) groups excluding carboxylic acids is 1. The van der Waals surface area contributed by atoms with Gasteiger partial charge in [0, 0.05) is 14.1 Å². The number of fused-ring (bicyclic) bond motifs is 1. The number of rotatable bonds is 4. The molecule has 27 heavy (non-hydrogen) atoms. The third-order valence-electron chi connectivity index (χ3n) is 4.94. The van der Waals surface area contributed by atoms with Gasteiger partial charge in [-0.25, -0.2) is 9.78 Å². The number of amides is 1. The zero-order valence-electron chi connectivity index (χ0n) is 16.1. The Balaban J connectivity index is 1.85. The van der Waals surface area contributed by atoms with E-state index in [9.17, 15) is 14.4 Å². The molecule has 2 heterocycles. The third-order valence-corrected chi connectivity index (χ3v) is 4.94. The monoisotopic (exact) mass is 369 g/mol. The summed E-state index contributed by atoms with van der Waals surface area (Å²) in [6.45, 7) is 5.93. The molecule has 3 aromatic rings. The van der Waals surface area contributed by atoms with Crippen molar-refractivity contribution < 1.29 is 4.79 Å². The molecule has 142 valence electrons. The molecule has 0 spiro atoms. The average Bonchev–Trinajstić information content (AvgIpc) is 3.03. The fourth-order valence-electron chi connectivity index (χ4n) is 3.08. The fourth-order valence-corrected chi connectivity index (χ4v) is 3.08. The highest BCUT2D eigenvalue weighted by Crippen LogP contribution is 2.17. The Morgan fingerprint density at radius 1 is 1.15 bits per heavy atom. The lowest BCUT2D eigenvalue weighted by Crippen LogP contribution is -2.38. The minimum Gasteiger partial charge on any atom is -0.348 e.